The van der Waals surface area contributed by atoms with E-state index in [1.54, 1.807) is 19.3 Å². The topological polar surface area (TPSA) is 85.1 Å². The van der Waals surface area contributed by atoms with Crippen LogP contribution < -0.4 is 5.56 Å². The van der Waals surface area contributed by atoms with Gasteiger partial charge in [0.1, 0.15) is 5.03 Å². The second kappa shape index (κ2) is 5.01. The molecule has 92 valence electrons. The highest BCUT2D eigenvalue weighted by Gasteiger charge is 2.08. The zero-order chi connectivity index (χ0) is 13.1. The number of nitrogens with zero attached hydrogens (tertiary/aromatic N) is 3. The average Bonchev–Trinajstić information content (AvgIpc) is 2.36. The van der Waals surface area contributed by atoms with Crippen molar-refractivity contribution in [3.8, 4) is 0 Å². The molecule has 0 atom stereocenters. The van der Waals surface area contributed by atoms with Gasteiger partial charge in [-0.1, -0.05) is 0 Å². The maximum absolute atomic E-state index is 11.7. The molecule has 0 fully saturated rings. The number of rotatable bonds is 3. The summed E-state index contributed by atoms with van der Waals surface area (Å²) in [5.74, 6) is -1.03. The van der Waals surface area contributed by atoms with Gasteiger partial charge in [-0.25, -0.2) is 14.8 Å². The third kappa shape index (κ3) is 2.57. The van der Waals surface area contributed by atoms with Gasteiger partial charge in [-0.3, -0.25) is 4.79 Å². The van der Waals surface area contributed by atoms with Crippen LogP contribution in [0.3, 0.4) is 0 Å². The molecule has 2 rings (SSSR count). The Hall–Kier alpha value is -2.15. The molecule has 0 unspecified atom stereocenters. The number of hydrogen-bond acceptors (Lipinski definition) is 5. The molecule has 0 amide bonds. The van der Waals surface area contributed by atoms with Crippen molar-refractivity contribution in [3.63, 3.8) is 0 Å². The maximum Gasteiger partial charge on any atom is 0.337 e. The molecule has 0 aliphatic heterocycles. The lowest BCUT2D eigenvalue weighted by atomic mass is 10.3. The summed E-state index contributed by atoms with van der Waals surface area (Å²) in [6, 6.07) is 2.98. The first-order valence-corrected chi connectivity index (χ1v) is 5.78. The summed E-state index contributed by atoms with van der Waals surface area (Å²) in [5, 5.41) is 9.56. The van der Waals surface area contributed by atoms with E-state index in [0.717, 1.165) is 11.8 Å². The van der Waals surface area contributed by atoms with E-state index in [-0.39, 0.29) is 11.1 Å². The third-order valence-electron chi connectivity index (χ3n) is 2.17. The second-order valence-corrected chi connectivity index (χ2v) is 4.45. The van der Waals surface area contributed by atoms with Gasteiger partial charge in [0, 0.05) is 25.6 Å². The molecule has 0 saturated heterocycles. The van der Waals surface area contributed by atoms with Crippen molar-refractivity contribution in [2.45, 2.75) is 10.1 Å². The number of pyridine rings is 1. The molecule has 0 aliphatic rings. The van der Waals surface area contributed by atoms with Gasteiger partial charge in [-0.05, 0) is 23.9 Å². The fourth-order valence-electron chi connectivity index (χ4n) is 1.21. The fourth-order valence-corrected chi connectivity index (χ4v) is 2.00. The quantitative estimate of drug-likeness (QED) is 0.890. The van der Waals surface area contributed by atoms with E-state index in [0.29, 0.717) is 10.1 Å². The first-order valence-electron chi connectivity index (χ1n) is 4.97. The van der Waals surface area contributed by atoms with Crippen molar-refractivity contribution < 1.29 is 9.90 Å². The lowest BCUT2D eigenvalue weighted by Gasteiger charge is -2.01. The molecule has 2 aromatic rings. The lowest BCUT2D eigenvalue weighted by Crippen LogP contribution is -2.18. The number of hydrogen-bond donors (Lipinski definition) is 1. The van der Waals surface area contributed by atoms with Gasteiger partial charge in [0.25, 0.3) is 5.56 Å². The van der Waals surface area contributed by atoms with Gasteiger partial charge in [0.15, 0.2) is 5.03 Å². The Bertz CT molecular complexity index is 637. The molecule has 0 radical (unpaired) electrons. The van der Waals surface area contributed by atoms with Crippen LogP contribution >= 0.6 is 11.8 Å². The summed E-state index contributed by atoms with van der Waals surface area (Å²) in [5.41, 5.74) is -0.111. The zero-order valence-corrected chi connectivity index (χ0v) is 10.2. The Balaban J connectivity index is 2.26. The van der Waals surface area contributed by atoms with Crippen LogP contribution in [-0.2, 0) is 7.05 Å². The highest BCUT2D eigenvalue weighted by atomic mass is 32.2. The van der Waals surface area contributed by atoms with Crippen LogP contribution in [0.2, 0.25) is 0 Å². The van der Waals surface area contributed by atoms with Gasteiger partial charge in [-0.2, -0.15) is 0 Å². The molecular weight excluding hydrogens is 254 g/mol. The number of carboxylic acids is 1. The highest BCUT2D eigenvalue weighted by Crippen LogP contribution is 2.20. The molecule has 18 heavy (non-hydrogen) atoms. The normalized spacial score (nSPS) is 10.3. The fraction of sp³-hybridized carbons (Fsp3) is 0.0909. The van der Waals surface area contributed by atoms with Crippen LogP contribution in [0, 0.1) is 0 Å². The van der Waals surface area contributed by atoms with Gasteiger partial charge in [0.2, 0.25) is 0 Å². The molecule has 7 heteroatoms. The molecule has 2 heterocycles. The Morgan fingerprint density at radius 2 is 2.17 bits per heavy atom. The number of aryl methyl sites for hydroxylation is 1. The standard InChI is InChI=1S/C11H9N3O3S/c1-14-5-4-12-9(10(14)15)18-8-3-2-7(6-13-8)11(16)17/h2-6H,1H3,(H,16,17). The maximum atomic E-state index is 11.7. The van der Waals surface area contributed by atoms with Gasteiger partial charge in [0.05, 0.1) is 5.56 Å². The Morgan fingerprint density at radius 1 is 1.39 bits per heavy atom. The van der Waals surface area contributed by atoms with Crippen molar-refractivity contribution in [2.24, 2.45) is 7.05 Å². The Morgan fingerprint density at radius 3 is 2.78 bits per heavy atom. The van der Waals surface area contributed by atoms with E-state index in [9.17, 15) is 9.59 Å². The van der Waals surface area contributed by atoms with E-state index in [2.05, 4.69) is 9.97 Å². The van der Waals surface area contributed by atoms with Crippen molar-refractivity contribution in [2.75, 3.05) is 0 Å². The van der Waals surface area contributed by atoms with Crippen LogP contribution in [-0.4, -0.2) is 25.6 Å². The summed E-state index contributed by atoms with van der Waals surface area (Å²) in [4.78, 5) is 30.3. The summed E-state index contributed by atoms with van der Waals surface area (Å²) in [6.45, 7) is 0. The second-order valence-electron chi connectivity index (χ2n) is 3.44. The van der Waals surface area contributed by atoms with E-state index < -0.39 is 5.97 Å². The van der Waals surface area contributed by atoms with Gasteiger partial charge >= 0.3 is 5.97 Å². The Kier molecular flexibility index (Phi) is 3.42. The van der Waals surface area contributed by atoms with Crippen LogP contribution in [0.4, 0.5) is 0 Å². The minimum atomic E-state index is -1.03. The largest absolute Gasteiger partial charge is 0.478 e. The molecule has 0 spiro atoms. The molecule has 0 aromatic carbocycles. The monoisotopic (exact) mass is 263 g/mol. The molecule has 0 aliphatic carbocycles. The van der Waals surface area contributed by atoms with Crippen LogP contribution in [0.5, 0.6) is 0 Å². The first kappa shape index (κ1) is 12.3. The number of carbonyl (C=O) groups is 1. The van der Waals surface area contributed by atoms with Crippen LogP contribution in [0.15, 0.2) is 45.6 Å². The van der Waals surface area contributed by atoms with Crippen molar-refractivity contribution in [3.05, 3.63) is 46.6 Å². The predicted octanol–water partition coefficient (Wildman–Crippen LogP) is 1.02. The van der Waals surface area contributed by atoms with E-state index in [4.69, 9.17) is 5.11 Å². The van der Waals surface area contributed by atoms with Crippen LogP contribution in [0.25, 0.3) is 0 Å². The average molecular weight is 263 g/mol. The molecule has 2 aromatic heterocycles. The van der Waals surface area contributed by atoms with E-state index >= 15 is 0 Å². The third-order valence-corrected chi connectivity index (χ3v) is 3.09. The summed E-state index contributed by atoms with van der Waals surface area (Å²) in [6.07, 6.45) is 4.33. The minimum Gasteiger partial charge on any atom is -0.478 e. The van der Waals surface area contributed by atoms with Crippen molar-refractivity contribution in [1.82, 2.24) is 14.5 Å². The molecule has 0 bridgehead atoms. The van der Waals surface area contributed by atoms with Crippen molar-refractivity contribution in [1.29, 1.82) is 0 Å². The molecule has 1 N–H and O–H groups in total. The number of carboxylic acid groups (broad SMARTS) is 1. The van der Waals surface area contributed by atoms with E-state index in [1.165, 1.54) is 23.0 Å². The minimum absolute atomic E-state index is 0.105. The summed E-state index contributed by atoms with van der Waals surface area (Å²) >= 11 is 1.10. The summed E-state index contributed by atoms with van der Waals surface area (Å²) in [7, 11) is 1.63. The highest BCUT2D eigenvalue weighted by molar-refractivity contribution is 7.99. The predicted molar refractivity (Wildman–Crippen MR) is 64.8 cm³/mol. The van der Waals surface area contributed by atoms with Gasteiger partial charge in [-0.15, -0.1) is 0 Å². The Labute approximate surface area is 106 Å². The lowest BCUT2D eigenvalue weighted by molar-refractivity contribution is 0.0696. The van der Waals surface area contributed by atoms with Crippen molar-refractivity contribution >= 4 is 17.7 Å². The smallest absolute Gasteiger partial charge is 0.337 e. The molecule has 6 nitrogen and oxygen atoms in total. The number of aromatic carboxylic acids is 1. The SMILES string of the molecule is Cn1ccnc(Sc2ccc(C(=O)O)cn2)c1=O. The first-order chi connectivity index (χ1) is 8.58. The number of aromatic nitrogens is 3. The molecule has 0 saturated carbocycles. The summed E-state index contributed by atoms with van der Waals surface area (Å²) < 4.78 is 1.42. The zero-order valence-electron chi connectivity index (χ0n) is 9.40. The van der Waals surface area contributed by atoms with E-state index in [1.807, 2.05) is 0 Å². The van der Waals surface area contributed by atoms with Gasteiger partial charge < -0.3 is 9.67 Å². The van der Waals surface area contributed by atoms with Crippen LogP contribution in [0.1, 0.15) is 10.4 Å². The molecular formula is C11H9N3O3S.